The predicted octanol–water partition coefficient (Wildman–Crippen LogP) is 1.21. The molecule has 0 spiro atoms. The highest BCUT2D eigenvalue weighted by molar-refractivity contribution is 6.04. The first-order valence-electron chi connectivity index (χ1n) is 9.41. The van der Waals surface area contributed by atoms with Gasteiger partial charge < -0.3 is 15.4 Å². The van der Waals surface area contributed by atoms with Crippen molar-refractivity contribution < 1.29 is 14.3 Å². The second-order valence-electron chi connectivity index (χ2n) is 7.18. The summed E-state index contributed by atoms with van der Waals surface area (Å²) in [5.41, 5.74) is 0.180. The molecule has 1 aliphatic rings. The van der Waals surface area contributed by atoms with E-state index in [0.717, 1.165) is 45.7 Å². The smallest absolute Gasteiger partial charge is 0.235 e. The molecule has 2 rings (SSSR count). The molecule has 144 valence electrons. The van der Waals surface area contributed by atoms with Crippen LogP contribution in [0.2, 0.25) is 0 Å². The van der Waals surface area contributed by atoms with Crippen LogP contribution < -0.4 is 10.6 Å². The fraction of sp³-hybridized carbons (Fsp3) is 0.600. The average Bonchev–Trinajstić information content (AvgIpc) is 2.66. The van der Waals surface area contributed by atoms with Gasteiger partial charge in [-0.3, -0.25) is 14.5 Å². The number of rotatable bonds is 9. The minimum Gasteiger partial charge on any atom is -0.379 e. The van der Waals surface area contributed by atoms with E-state index in [0.29, 0.717) is 13.1 Å². The van der Waals surface area contributed by atoms with Crippen molar-refractivity contribution >= 4 is 11.8 Å². The summed E-state index contributed by atoms with van der Waals surface area (Å²) < 4.78 is 5.31. The van der Waals surface area contributed by atoms with Crippen LogP contribution in [0.25, 0.3) is 0 Å². The van der Waals surface area contributed by atoms with E-state index in [1.165, 1.54) is 5.56 Å². The van der Waals surface area contributed by atoms with E-state index in [1.54, 1.807) is 13.8 Å². The molecule has 26 heavy (non-hydrogen) atoms. The lowest BCUT2D eigenvalue weighted by atomic mass is 9.91. The molecule has 0 aliphatic carbocycles. The summed E-state index contributed by atoms with van der Waals surface area (Å²) >= 11 is 0. The number of nitrogens with one attached hydrogen (secondary N) is 2. The molecule has 1 fully saturated rings. The number of aryl methyl sites for hydroxylation is 1. The van der Waals surface area contributed by atoms with Crippen molar-refractivity contribution in [3.8, 4) is 0 Å². The van der Waals surface area contributed by atoms with Gasteiger partial charge in [-0.15, -0.1) is 0 Å². The first kappa shape index (κ1) is 20.4. The minimum absolute atomic E-state index is 0.227. The molecule has 1 aromatic carbocycles. The first-order valence-corrected chi connectivity index (χ1v) is 9.41. The number of ether oxygens (including phenoxy) is 1. The Hall–Kier alpha value is -1.92. The molecular formula is C20H31N3O3. The minimum atomic E-state index is -1.07. The van der Waals surface area contributed by atoms with Crippen molar-refractivity contribution in [2.75, 3.05) is 45.9 Å². The van der Waals surface area contributed by atoms with Crippen LogP contribution >= 0.6 is 0 Å². The summed E-state index contributed by atoms with van der Waals surface area (Å²) in [4.78, 5) is 27.0. The topological polar surface area (TPSA) is 70.7 Å². The molecular weight excluding hydrogens is 330 g/mol. The highest BCUT2D eigenvalue weighted by atomic mass is 16.5. The lowest BCUT2D eigenvalue weighted by Crippen LogP contribution is -2.50. The molecule has 1 aliphatic heterocycles. The van der Waals surface area contributed by atoms with Gasteiger partial charge in [0, 0.05) is 32.7 Å². The highest BCUT2D eigenvalue weighted by Gasteiger charge is 2.35. The molecule has 0 saturated carbocycles. The van der Waals surface area contributed by atoms with Gasteiger partial charge in [-0.2, -0.15) is 0 Å². The Morgan fingerprint density at radius 2 is 1.65 bits per heavy atom. The van der Waals surface area contributed by atoms with Crippen LogP contribution in [0.5, 0.6) is 0 Å². The normalized spacial score (nSPS) is 15.5. The van der Waals surface area contributed by atoms with E-state index in [-0.39, 0.29) is 11.8 Å². The Kier molecular flexibility index (Phi) is 8.06. The zero-order valence-electron chi connectivity index (χ0n) is 15.9. The van der Waals surface area contributed by atoms with Gasteiger partial charge in [0.2, 0.25) is 11.8 Å². The van der Waals surface area contributed by atoms with E-state index in [9.17, 15) is 9.59 Å². The fourth-order valence-electron chi connectivity index (χ4n) is 2.84. The summed E-state index contributed by atoms with van der Waals surface area (Å²) in [6, 6.07) is 10.2. The molecule has 1 saturated heterocycles. The van der Waals surface area contributed by atoms with Crippen LogP contribution in [0.4, 0.5) is 0 Å². The van der Waals surface area contributed by atoms with E-state index in [2.05, 4.69) is 27.7 Å². The molecule has 0 radical (unpaired) electrons. The lowest BCUT2D eigenvalue weighted by Gasteiger charge is -2.27. The Balaban J connectivity index is 1.65. The monoisotopic (exact) mass is 361 g/mol. The van der Waals surface area contributed by atoms with Crippen molar-refractivity contribution in [3.63, 3.8) is 0 Å². The molecule has 2 amide bonds. The quantitative estimate of drug-likeness (QED) is 0.512. The molecule has 2 N–H and O–H groups in total. The molecule has 0 aromatic heterocycles. The number of amides is 2. The van der Waals surface area contributed by atoms with Crippen LogP contribution in [-0.2, 0) is 20.7 Å². The van der Waals surface area contributed by atoms with Crippen molar-refractivity contribution in [1.29, 1.82) is 0 Å². The Morgan fingerprint density at radius 1 is 1.04 bits per heavy atom. The number of nitrogens with zero attached hydrogens (tertiary/aromatic N) is 1. The third-order valence-corrected chi connectivity index (χ3v) is 4.72. The molecule has 6 heteroatoms. The maximum Gasteiger partial charge on any atom is 0.235 e. The molecule has 6 nitrogen and oxygen atoms in total. The third kappa shape index (κ3) is 6.42. The maximum absolute atomic E-state index is 12.4. The number of hydrogen-bond donors (Lipinski definition) is 2. The van der Waals surface area contributed by atoms with Crippen molar-refractivity contribution in [2.24, 2.45) is 5.41 Å². The average molecular weight is 361 g/mol. The van der Waals surface area contributed by atoms with Gasteiger partial charge in [0.05, 0.1) is 13.2 Å². The number of carbonyl (C=O) groups is 2. The van der Waals surface area contributed by atoms with Crippen LogP contribution in [0.1, 0.15) is 25.8 Å². The number of hydrogen-bond acceptors (Lipinski definition) is 4. The van der Waals surface area contributed by atoms with Crippen molar-refractivity contribution in [3.05, 3.63) is 35.9 Å². The predicted molar refractivity (Wildman–Crippen MR) is 102 cm³/mol. The Labute approximate surface area is 156 Å². The van der Waals surface area contributed by atoms with Crippen LogP contribution in [0, 0.1) is 5.41 Å². The van der Waals surface area contributed by atoms with Crippen molar-refractivity contribution in [1.82, 2.24) is 15.5 Å². The molecule has 0 atom stereocenters. The largest absolute Gasteiger partial charge is 0.379 e. The van der Waals surface area contributed by atoms with Crippen LogP contribution in [0.3, 0.4) is 0 Å². The lowest BCUT2D eigenvalue weighted by molar-refractivity contribution is -0.141. The second kappa shape index (κ2) is 10.3. The Morgan fingerprint density at radius 3 is 2.31 bits per heavy atom. The zero-order chi connectivity index (χ0) is 18.8. The maximum atomic E-state index is 12.4. The molecule has 1 aromatic rings. The van der Waals surface area contributed by atoms with Gasteiger partial charge in [0.25, 0.3) is 0 Å². The Bertz CT molecular complexity index is 569. The molecule has 0 unspecified atom stereocenters. The van der Waals surface area contributed by atoms with Crippen LogP contribution in [0.15, 0.2) is 30.3 Å². The SMILES string of the molecule is CC(C)(C(=O)NCCCc1ccccc1)C(=O)NCCN1CCOCC1. The zero-order valence-corrected chi connectivity index (χ0v) is 15.9. The van der Waals surface area contributed by atoms with Gasteiger partial charge in [0.1, 0.15) is 5.41 Å². The third-order valence-electron chi connectivity index (χ3n) is 4.72. The van der Waals surface area contributed by atoms with E-state index < -0.39 is 5.41 Å². The summed E-state index contributed by atoms with van der Waals surface area (Å²) in [6.45, 7) is 8.50. The van der Waals surface area contributed by atoms with Crippen molar-refractivity contribution in [2.45, 2.75) is 26.7 Å². The highest BCUT2D eigenvalue weighted by Crippen LogP contribution is 2.15. The second-order valence-corrected chi connectivity index (χ2v) is 7.18. The van der Waals surface area contributed by atoms with Gasteiger partial charge in [-0.1, -0.05) is 30.3 Å². The van der Waals surface area contributed by atoms with Gasteiger partial charge >= 0.3 is 0 Å². The van der Waals surface area contributed by atoms with Gasteiger partial charge in [-0.05, 0) is 32.3 Å². The summed E-state index contributed by atoms with van der Waals surface area (Å²) in [6.07, 6.45) is 1.76. The van der Waals surface area contributed by atoms with Gasteiger partial charge in [0.15, 0.2) is 0 Å². The first-order chi connectivity index (χ1) is 12.5. The van der Waals surface area contributed by atoms with E-state index in [1.807, 2.05) is 18.2 Å². The van der Waals surface area contributed by atoms with Gasteiger partial charge in [-0.25, -0.2) is 0 Å². The summed E-state index contributed by atoms with van der Waals surface area (Å²) in [7, 11) is 0. The van der Waals surface area contributed by atoms with Crippen LogP contribution in [-0.4, -0.2) is 62.7 Å². The molecule has 0 bridgehead atoms. The molecule has 1 heterocycles. The number of benzene rings is 1. The van der Waals surface area contributed by atoms with E-state index >= 15 is 0 Å². The summed E-state index contributed by atoms with van der Waals surface area (Å²) in [5.74, 6) is -0.458. The summed E-state index contributed by atoms with van der Waals surface area (Å²) in [5, 5.41) is 5.77. The van der Waals surface area contributed by atoms with E-state index in [4.69, 9.17) is 4.74 Å². The number of carbonyl (C=O) groups excluding carboxylic acids is 2. The fourth-order valence-corrected chi connectivity index (χ4v) is 2.84. The standard InChI is InChI=1S/C20H31N3O3/c1-20(2,19(25)22-11-12-23-13-15-26-16-14-23)18(24)21-10-6-9-17-7-4-3-5-8-17/h3-5,7-8H,6,9-16H2,1-2H3,(H,21,24)(H,22,25). The number of morpholine rings is 1.